The van der Waals surface area contributed by atoms with Gasteiger partial charge in [-0.2, -0.15) is 5.10 Å². The normalized spacial score (nSPS) is 19.8. The number of carbonyl (C=O) groups excluding carboxylic acids is 1. The van der Waals surface area contributed by atoms with Crippen LogP contribution in [0.4, 0.5) is 10.1 Å². The van der Waals surface area contributed by atoms with Crippen molar-refractivity contribution in [3.05, 3.63) is 23.5 Å². The lowest BCUT2D eigenvalue weighted by molar-refractivity contribution is -0.115. The maximum atomic E-state index is 13.7. The van der Waals surface area contributed by atoms with Gasteiger partial charge in [0.15, 0.2) is 11.6 Å². The molecule has 0 saturated carbocycles. The van der Waals surface area contributed by atoms with Crippen molar-refractivity contribution >= 4 is 17.3 Å². The first kappa shape index (κ1) is 12.0. The van der Waals surface area contributed by atoms with E-state index in [1.54, 1.807) is 6.07 Å². The minimum atomic E-state index is -0.397. The molecular weight excluding hydrogens is 249 g/mol. The number of ether oxygens (including phenoxy) is 1. The van der Waals surface area contributed by atoms with Gasteiger partial charge < -0.3 is 10.1 Å². The number of piperidine rings is 1. The summed E-state index contributed by atoms with van der Waals surface area (Å²) in [4.78, 5) is 11.5. The number of hydrogen-bond donors (Lipinski definition) is 2. The Hall–Kier alpha value is -2.11. The molecule has 3 rings (SSSR count). The molecule has 2 aliphatic heterocycles. The second kappa shape index (κ2) is 4.87. The zero-order valence-corrected chi connectivity index (χ0v) is 10.3. The van der Waals surface area contributed by atoms with Gasteiger partial charge >= 0.3 is 0 Å². The summed E-state index contributed by atoms with van der Waals surface area (Å²) in [6.07, 6.45) is 2.20. The molecule has 1 amide bonds. The van der Waals surface area contributed by atoms with Crippen LogP contribution in [0.1, 0.15) is 18.4 Å². The third-order valence-corrected chi connectivity index (χ3v) is 3.20. The van der Waals surface area contributed by atoms with Gasteiger partial charge in [-0.1, -0.05) is 0 Å². The molecule has 0 atom stereocenters. The third kappa shape index (κ3) is 2.38. The summed E-state index contributed by atoms with van der Waals surface area (Å²) < 4.78 is 18.9. The summed E-state index contributed by atoms with van der Waals surface area (Å²) >= 11 is 0. The Morgan fingerprint density at radius 1 is 1.37 bits per heavy atom. The van der Waals surface area contributed by atoms with Crippen LogP contribution in [0.3, 0.4) is 0 Å². The lowest BCUT2D eigenvalue weighted by Crippen LogP contribution is -2.37. The van der Waals surface area contributed by atoms with Crippen LogP contribution in [-0.2, 0) is 11.2 Å². The smallest absolute Gasteiger partial charge is 0.267 e. The van der Waals surface area contributed by atoms with Gasteiger partial charge in [0.1, 0.15) is 5.71 Å². The van der Waals surface area contributed by atoms with Gasteiger partial charge in [0.2, 0.25) is 0 Å². The number of nitrogens with one attached hydrogen (secondary N) is 2. The molecule has 2 heterocycles. The number of hydrazone groups is 1. The molecule has 1 aromatic carbocycles. The summed E-state index contributed by atoms with van der Waals surface area (Å²) in [6.45, 7) is 1.19. The average molecular weight is 263 g/mol. The van der Waals surface area contributed by atoms with Gasteiger partial charge in [0.25, 0.3) is 5.91 Å². The monoisotopic (exact) mass is 263 g/mol. The van der Waals surface area contributed by atoms with Crippen molar-refractivity contribution in [1.82, 2.24) is 5.32 Å². The van der Waals surface area contributed by atoms with Gasteiger partial charge in [-0.05, 0) is 18.9 Å². The molecule has 1 saturated heterocycles. The topological polar surface area (TPSA) is 62.7 Å². The van der Waals surface area contributed by atoms with Crippen LogP contribution in [0.15, 0.2) is 17.2 Å². The molecule has 2 N–H and O–H groups in total. The quantitative estimate of drug-likeness (QED) is 0.794. The van der Waals surface area contributed by atoms with E-state index in [2.05, 4.69) is 15.8 Å². The molecule has 100 valence electrons. The van der Waals surface area contributed by atoms with Crippen LogP contribution in [0.5, 0.6) is 5.75 Å². The summed E-state index contributed by atoms with van der Waals surface area (Å²) in [6, 6.07) is 3.13. The minimum absolute atomic E-state index is 0.163. The van der Waals surface area contributed by atoms with Crippen LogP contribution in [-0.4, -0.2) is 24.8 Å². The van der Waals surface area contributed by atoms with E-state index in [1.165, 1.54) is 6.07 Å². The average Bonchev–Trinajstić information content (AvgIpc) is 2.87. The second-order valence-corrected chi connectivity index (χ2v) is 4.57. The fraction of sp³-hybridized carbons (Fsp3) is 0.385. The fourth-order valence-electron chi connectivity index (χ4n) is 2.24. The molecular formula is C13H14FN3O2. The van der Waals surface area contributed by atoms with Crippen molar-refractivity contribution in [2.24, 2.45) is 5.10 Å². The molecule has 0 spiro atoms. The number of amides is 1. The van der Waals surface area contributed by atoms with E-state index >= 15 is 0 Å². The molecule has 0 aliphatic carbocycles. The van der Waals surface area contributed by atoms with Gasteiger partial charge in [-0.3, -0.25) is 10.2 Å². The number of fused-ring (bicyclic) bond motifs is 1. The Kier molecular flexibility index (Phi) is 3.06. The third-order valence-electron chi connectivity index (χ3n) is 3.20. The highest BCUT2D eigenvalue weighted by Crippen LogP contribution is 2.31. The van der Waals surface area contributed by atoms with E-state index in [4.69, 9.17) is 4.74 Å². The van der Waals surface area contributed by atoms with E-state index < -0.39 is 5.82 Å². The maximum absolute atomic E-state index is 13.7. The molecule has 1 fully saturated rings. The predicted octanol–water partition coefficient (Wildman–Crippen LogP) is 1.44. The number of benzene rings is 1. The number of rotatable bonds is 2. The first-order chi connectivity index (χ1) is 9.24. The Morgan fingerprint density at radius 2 is 2.26 bits per heavy atom. The largest absolute Gasteiger partial charge is 0.490 e. The van der Waals surface area contributed by atoms with Crippen LogP contribution in [0.2, 0.25) is 0 Å². The molecule has 1 aromatic rings. The van der Waals surface area contributed by atoms with Crippen LogP contribution >= 0.6 is 0 Å². The Morgan fingerprint density at radius 3 is 3.11 bits per heavy atom. The highest BCUT2D eigenvalue weighted by atomic mass is 19.1. The van der Waals surface area contributed by atoms with E-state index in [9.17, 15) is 9.18 Å². The molecule has 0 bridgehead atoms. The fourth-order valence-corrected chi connectivity index (χ4v) is 2.24. The Labute approximate surface area is 109 Å². The SMILES string of the molecule is O=C1NCCCC1=NNc1cc(F)c2c(c1)CCO2. The summed E-state index contributed by atoms with van der Waals surface area (Å²) in [5.41, 5.74) is 4.56. The van der Waals surface area contributed by atoms with Crippen molar-refractivity contribution in [3.63, 3.8) is 0 Å². The second-order valence-electron chi connectivity index (χ2n) is 4.57. The maximum Gasteiger partial charge on any atom is 0.267 e. The Balaban J connectivity index is 1.78. The first-order valence-electron chi connectivity index (χ1n) is 6.30. The van der Waals surface area contributed by atoms with Crippen LogP contribution in [0, 0.1) is 5.82 Å². The van der Waals surface area contributed by atoms with Crippen LogP contribution < -0.4 is 15.5 Å². The molecule has 5 nitrogen and oxygen atoms in total. The highest BCUT2D eigenvalue weighted by Gasteiger charge is 2.19. The lowest BCUT2D eigenvalue weighted by atomic mass is 10.1. The standard InChI is InChI=1S/C13H14FN3O2/c14-10-7-9(6-8-3-5-19-12(8)10)16-17-11-2-1-4-15-13(11)18/h6-7,16H,1-5H2,(H,15,18). The lowest BCUT2D eigenvalue weighted by Gasteiger charge is -2.13. The minimum Gasteiger partial charge on any atom is -0.490 e. The van der Waals surface area contributed by atoms with Crippen molar-refractivity contribution < 1.29 is 13.9 Å². The molecule has 0 radical (unpaired) electrons. The molecule has 19 heavy (non-hydrogen) atoms. The van der Waals surface area contributed by atoms with Crippen molar-refractivity contribution in [1.29, 1.82) is 0 Å². The molecule has 6 heteroatoms. The van der Waals surface area contributed by atoms with Gasteiger partial charge in [-0.25, -0.2) is 4.39 Å². The molecule has 0 aromatic heterocycles. The zero-order chi connectivity index (χ0) is 13.2. The summed E-state index contributed by atoms with van der Waals surface area (Å²) in [7, 11) is 0. The number of anilines is 1. The van der Waals surface area contributed by atoms with Gasteiger partial charge in [-0.15, -0.1) is 0 Å². The molecule has 2 aliphatic rings. The van der Waals surface area contributed by atoms with E-state index in [0.29, 0.717) is 43.1 Å². The number of nitrogens with zero attached hydrogens (tertiary/aromatic N) is 1. The van der Waals surface area contributed by atoms with E-state index in [1.807, 2.05) is 0 Å². The van der Waals surface area contributed by atoms with Crippen molar-refractivity contribution in [3.8, 4) is 5.75 Å². The first-order valence-corrected chi connectivity index (χ1v) is 6.30. The number of carbonyl (C=O) groups is 1. The van der Waals surface area contributed by atoms with E-state index in [0.717, 1.165) is 12.0 Å². The predicted molar refractivity (Wildman–Crippen MR) is 68.9 cm³/mol. The highest BCUT2D eigenvalue weighted by molar-refractivity contribution is 6.39. The van der Waals surface area contributed by atoms with Crippen LogP contribution in [0.25, 0.3) is 0 Å². The zero-order valence-electron chi connectivity index (χ0n) is 10.3. The Bertz CT molecular complexity index is 557. The van der Waals surface area contributed by atoms with E-state index in [-0.39, 0.29) is 5.91 Å². The number of hydrogen-bond acceptors (Lipinski definition) is 4. The van der Waals surface area contributed by atoms with Crippen molar-refractivity contribution in [2.45, 2.75) is 19.3 Å². The summed E-state index contributed by atoms with van der Waals surface area (Å²) in [5, 5.41) is 6.77. The van der Waals surface area contributed by atoms with Gasteiger partial charge in [0, 0.05) is 24.6 Å². The number of halogens is 1. The molecule has 0 unspecified atom stereocenters. The van der Waals surface area contributed by atoms with Crippen molar-refractivity contribution in [2.75, 3.05) is 18.6 Å². The summed E-state index contributed by atoms with van der Waals surface area (Å²) in [5.74, 6) is -0.233. The van der Waals surface area contributed by atoms with Gasteiger partial charge in [0.05, 0.1) is 12.3 Å².